The van der Waals surface area contributed by atoms with Crippen molar-refractivity contribution in [2.45, 2.75) is 25.3 Å². The van der Waals surface area contributed by atoms with Crippen LogP contribution in [-0.4, -0.2) is 17.8 Å². The number of benzene rings is 1. The highest BCUT2D eigenvalue weighted by Crippen LogP contribution is 2.27. The summed E-state index contributed by atoms with van der Waals surface area (Å²) in [6.07, 6.45) is 0.939. The summed E-state index contributed by atoms with van der Waals surface area (Å²) in [7, 11) is 0. The van der Waals surface area contributed by atoms with Gasteiger partial charge < -0.3 is 10.6 Å². The van der Waals surface area contributed by atoms with Crippen molar-refractivity contribution in [3.05, 3.63) is 51.2 Å². The molecule has 2 aromatic rings. The molecule has 3 rings (SSSR count). The molecule has 0 spiro atoms. The molecule has 1 unspecified atom stereocenters. The maximum atomic E-state index is 12.1. The van der Waals surface area contributed by atoms with Crippen LogP contribution in [0.25, 0.3) is 0 Å². The zero-order chi connectivity index (χ0) is 18.0. The number of urea groups is 1. The molecule has 1 atom stereocenters. The molecule has 3 N–H and O–H groups in total. The number of hydrogen-bond donors (Lipinski definition) is 3. The van der Waals surface area contributed by atoms with Crippen molar-refractivity contribution in [3.8, 4) is 0 Å². The van der Waals surface area contributed by atoms with Crippen molar-refractivity contribution < 1.29 is 14.4 Å². The fourth-order valence-electron chi connectivity index (χ4n) is 2.60. The van der Waals surface area contributed by atoms with Crippen molar-refractivity contribution in [2.75, 3.05) is 5.32 Å². The SMILES string of the molecule is CC1(c2cccc(NC(=O)CCc3ccc(Cl)s3)c2)NC(=O)NC1=O. The van der Waals surface area contributed by atoms with Gasteiger partial charge in [0.25, 0.3) is 5.91 Å². The summed E-state index contributed by atoms with van der Waals surface area (Å²) in [6.45, 7) is 1.62. The number of nitrogens with one attached hydrogen (secondary N) is 3. The maximum absolute atomic E-state index is 12.1. The third-order valence-corrected chi connectivity index (χ3v) is 5.29. The molecular formula is C17H16ClN3O3S. The predicted octanol–water partition coefficient (Wildman–Crippen LogP) is 3.03. The lowest BCUT2D eigenvalue weighted by atomic mass is 9.92. The topological polar surface area (TPSA) is 87.3 Å². The molecule has 0 aliphatic carbocycles. The van der Waals surface area contributed by atoms with Gasteiger partial charge in [-0.1, -0.05) is 23.7 Å². The molecule has 6 nitrogen and oxygen atoms in total. The van der Waals surface area contributed by atoms with Crippen LogP contribution in [0.15, 0.2) is 36.4 Å². The molecule has 0 radical (unpaired) electrons. The first kappa shape index (κ1) is 17.4. The lowest BCUT2D eigenvalue weighted by molar-refractivity contribution is -0.123. The van der Waals surface area contributed by atoms with Crippen LogP contribution in [0.2, 0.25) is 4.34 Å². The van der Waals surface area contributed by atoms with E-state index in [0.717, 1.165) is 4.88 Å². The van der Waals surface area contributed by atoms with Crippen molar-refractivity contribution in [3.63, 3.8) is 0 Å². The summed E-state index contributed by atoms with van der Waals surface area (Å²) in [5.74, 6) is -0.553. The molecule has 1 aliphatic heterocycles. The average Bonchev–Trinajstić information content (AvgIpc) is 3.09. The standard InChI is InChI=1S/C17H16ClN3O3S/c1-17(15(23)20-16(24)21-17)10-3-2-4-11(9-10)19-14(22)8-6-12-5-7-13(18)25-12/h2-5,7,9H,6,8H2,1H3,(H,19,22)(H2,20,21,23,24). The second-order valence-electron chi connectivity index (χ2n) is 5.87. The molecule has 1 saturated heterocycles. The van der Waals surface area contributed by atoms with E-state index in [1.165, 1.54) is 11.3 Å². The van der Waals surface area contributed by atoms with E-state index < -0.39 is 17.5 Å². The number of anilines is 1. The smallest absolute Gasteiger partial charge is 0.322 e. The van der Waals surface area contributed by atoms with Crippen LogP contribution in [0.4, 0.5) is 10.5 Å². The monoisotopic (exact) mass is 377 g/mol. The van der Waals surface area contributed by atoms with Crippen LogP contribution in [0.1, 0.15) is 23.8 Å². The second kappa shape index (κ2) is 6.85. The van der Waals surface area contributed by atoms with Gasteiger partial charge in [0.1, 0.15) is 5.54 Å². The molecule has 130 valence electrons. The van der Waals surface area contributed by atoms with E-state index in [2.05, 4.69) is 16.0 Å². The minimum Gasteiger partial charge on any atom is -0.326 e. The molecule has 1 aromatic heterocycles. The molecule has 1 fully saturated rings. The van der Waals surface area contributed by atoms with E-state index in [9.17, 15) is 14.4 Å². The van der Waals surface area contributed by atoms with Gasteiger partial charge in [-0.25, -0.2) is 4.79 Å². The van der Waals surface area contributed by atoms with Gasteiger partial charge in [-0.3, -0.25) is 14.9 Å². The van der Waals surface area contributed by atoms with Crippen molar-refractivity contribution >= 4 is 46.5 Å². The maximum Gasteiger partial charge on any atom is 0.322 e. The Morgan fingerprint density at radius 1 is 1.28 bits per heavy atom. The van der Waals surface area contributed by atoms with Gasteiger partial charge in [-0.2, -0.15) is 0 Å². The summed E-state index contributed by atoms with van der Waals surface area (Å²) in [5, 5.41) is 7.64. The number of aryl methyl sites for hydroxylation is 1. The Kier molecular flexibility index (Phi) is 4.78. The number of hydrogen-bond acceptors (Lipinski definition) is 4. The number of rotatable bonds is 5. The molecule has 0 saturated carbocycles. The van der Waals surface area contributed by atoms with Crippen LogP contribution in [-0.2, 0) is 21.5 Å². The van der Waals surface area contributed by atoms with Crippen molar-refractivity contribution in [2.24, 2.45) is 0 Å². The first-order chi connectivity index (χ1) is 11.9. The Morgan fingerprint density at radius 3 is 2.72 bits per heavy atom. The number of amides is 4. The number of thiophene rings is 1. The van der Waals surface area contributed by atoms with Gasteiger partial charge in [-0.05, 0) is 43.2 Å². The first-order valence-corrected chi connectivity index (χ1v) is 8.84. The van der Waals surface area contributed by atoms with Crippen LogP contribution in [0, 0.1) is 0 Å². The van der Waals surface area contributed by atoms with Crippen LogP contribution < -0.4 is 16.0 Å². The van der Waals surface area contributed by atoms with E-state index >= 15 is 0 Å². The molecule has 1 aliphatic rings. The summed E-state index contributed by atoms with van der Waals surface area (Å²) >= 11 is 7.33. The van der Waals surface area contributed by atoms with Crippen molar-refractivity contribution in [1.82, 2.24) is 10.6 Å². The molecular weight excluding hydrogens is 362 g/mol. The Labute approximate surface area is 153 Å². The lowest BCUT2D eigenvalue weighted by Crippen LogP contribution is -2.40. The predicted molar refractivity (Wildman–Crippen MR) is 96.7 cm³/mol. The largest absolute Gasteiger partial charge is 0.326 e. The average molecular weight is 378 g/mol. The van der Waals surface area contributed by atoms with Crippen LogP contribution in [0.3, 0.4) is 0 Å². The zero-order valence-corrected chi connectivity index (χ0v) is 15.0. The van der Waals surface area contributed by atoms with Crippen molar-refractivity contribution in [1.29, 1.82) is 0 Å². The van der Waals surface area contributed by atoms with Gasteiger partial charge in [0.2, 0.25) is 5.91 Å². The molecule has 25 heavy (non-hydrogen) atoms. The van der Waals surface area contributed by atoms with Gasteiger partial charge in [0.05, 0.1) is 4.34 Å². The minimum atomic E-state index is -1.15. The van der Waals surface area contributed by atoms with Gasteiger partial charge in [-0.15, -0.1) is 11.3 Å². The number of imide groups is 1. The molecule has 1 aromatic carbocycles. The number of carbonyl (C=O) groups is 3. The van der Waals surface area contributed by atoms with E-state index in [-0.39, 0.29) is 5.91 Å². The van der Waals surface area contributed by atoms with E-state index in [1.807, 2.05) is 12.1 Å². The van der Waals surface area contributed by atoms with E-state index in [4.69, 9.17) is 11.6 Å². The van der Waals surface area contributed by atoms with E-state index in [0.29, 0.717) is 28.4 Å². The third-order valence-electron chi connectivity index (χ3n) is 4.00. The number of carbonyl (C=O) groups excluding carboxylic acids is 3. The van der Waals surface area contributed by atoms with Crippen LogP contribution >= 0.6 is 22.9 Å². The second-order valence-corrected chi connectivity index (χ2v) is 7.67. The number of halogens is 1. The Hall–Kier alpha value is -2.38. The fraction of sp³-hybridized carbons (Fsp3) is 0.235. The highest BCUT2D eigenvalue weighted by Gasteiger charge is 2.43. The summed E-state index contributed by atoms with van der Waals surface area (Å²) in [4.78, 5) is 36.6. The highest BCUT2D eigenvalue weighted by atomic mass is 35.5. The van der Waals surface area contributed by atoms with Gasteiger partial charge in [0, 0.05) is 17.0 Å². The normalized spacial score (nSPS) is 19.4. The molecule has 0 bridgehead atoms. The minimum absolute atomic E-state index is 0.133. The molecule has 4 amide bonds. The Bertz CT molecular complexity index is 851. The quantitative estimate of drug-likeness (QED) is 0.700. The van der Waals surface area contributed by atoms with E-state index in [1.54, 1.807) is 31.2 Å². The third kappa shape index (κ3) is 3.83. The first-order valence-electron chi connectivity index (χ1n) is 7.65. The van der Waals surface area contributed by atoms with Gasteiger partial charge in [0.15, 0.2) is 0 Å². The molecule has 8 heteroatoms. The Morgan fingerprint density at radius 2 is 2.08 bits per heavy atom. The van der Waals surface area contributed by atoms with Crippen LogP contribution in [0.5, 0.6) is 0 Å². The molecule has 2 heterocycles. The summed E-state index contributed by atoms with van der Waals surface area (Å²) in [5.41, 5.74) is 0.0199. The highest BCUT2D eigenvalue weighted by molar-refractivity contribution is 7.16. The zero-order valence-electron chi connectivity index (χ0n) is 13.4. The lowest BCUT2D eigenvalue weighted by Gasteiger charge is -2.21. The fourth-order valence-corrected chi connectivity index (χ4v) is 3.69. The van der Waals surface area contributed by atoms with Gasteiger partial charge >= 0.3 is 6.03 Å². The summed E-state index contributed by atoms with van der Waals surface area (Å²) < 4.78 is 0.702. The summed E-state index contributed by atoms with van der Waals surface area (Å²) in [6, 6.07) is 10.1. The Balaban J connectivity index is 1.66.